The predicted octanol–water partition coefficient (Wildman–Crippen LogP) is 0.242. The van der Waals surface area contributed by atoms with Gasteiger partial charge in [0.05, 0.1) is 19.0 Å². The Morgan fingerprint density at radius 3 is 2.94 bits per heavy atom. The molecule has 2 heterocycles. The highest BCUT2D eigenvalue weighted by Crippen LogP contribution is 2.13. The number of rotatable bonds is 4. The molecular weight excluding hydrogens is 222 g/mol. The van der Waals surface area contributed by atoms with Gasteiger partial charge in [0.2, 0.25) is 0 Å². The second-order valence-electron chi connectivity index (χ2n) is 3.51. The molecule has 0 saturated heterocycles. The zero-order valence-electron chi connectivity index (χ0n) is 9.70. The van der Waals surface area contributed by atoms with Gasteiger partial charge in [0.25, 0.3) is 0 Å². The third-order valence-electron chi connectivity index (χ3n) is 2.14. The van der Waals surface area contributed by atoms with E-state index in [0.29, 0.717) is 12.3 Å². The Kier molecular flexibility index (Phi) is 3.17. The second kappa shape index (κ2) is 4.77. The number of hydrogen-bond acceptors (Lipinski definition) is 5. The predicted molar refractivity (Wildman–Crippen MR) is 58.9 cm³/mol. The molecule has 0 amide bonds. The summed E-state index contributed by atoms with van der Waals surface area (Å²) in [5.74, 6) is -0.324. The number of nitrogens with zero attached hydrogens (tertiary/aromatic N) is 5. The van der Waals surface area contributed by atoms with Crippen molar-refractivity contribution in [3.05, 3.63) is 18.6 Å². The molecule has 0 bridgehead atoms. The van der Waals surface area contributed by atoms with E-state index >= 15 is 0 Å². The van der Waals surface area contributed by atoms with Gasteiger partial charge in [-0.25, -0.2) is 4.68 Å². The van der Waals surface area contributed by atoms with E-state index in [2.05, 4.69) is 15.4 Å². The fourth-order valence-corrected chi connectivity index (χ4v) is 1.40. The summed E-state index contributed by atoms with van der Waals surface area (Å²) in [5, 5.41) is 11.9. The van der Waals surface area contributed by atoms with Gasteiger partial charge in [-0.2, -0.15) is 5.10 Å². The van der Waals surface area contributed by atoms with E-state index in [0.717, 1.165) is 5.56 Å². The summed E-state index contributed by atoms with van der Waals surface area (Å²) in [6.45, 7) is 2.20. The van der Waals surface area contributed by atoms with E-state index in [1.807, 2.05) is 13.2 Å². The normalized spacial score (nSPS) is 10.5. The fraction of sp³-hybridized carbons (Fsp3) is 0.400. The maximum atomic E-state index is 11.2. The number of aromatic nitrogens is 5. The van der Waals surface area contributed by atoms with Crippen LogP contribution in [-0.2, 0) is 23.1 Å². The molecule has 90 valence electrons. The third-order valence-corrected chi connectivity index (χ3v) is 2.14. The van der Waals surface area contributed by atoms with Gasteiger partial charge in [0, 0.05) is 18.8 Å². The third kappa shape index (κ3) is 2.68. The summed E-state index contributed by atoms with van der Waals surface area (Å²) in [7, 11) is 1.83. The number of carbonyl (C=O) groups excluding carboxylic acids is 1. The van der Waals surface area contributed by atoms with Crippen LogP contribution in [0.25, 0.3) is 11.3 Å². The van der Waals surface area contributed by atoms with Crippen molar-refractivity contribution in [1.82, 2.24) is 24.8 Å². The standard InChI is InChI=1S/C10H13N5O2/c1-3-17-10(16)7-15-6-9(12-13-15)8-4-11-14(2)5-8/h4-6H,3,7H2,1-2H3. The minimum Gasteiger partial charge on any atom is -0.465 e. The number of esters is 1. The van der Waals surface area contributed by atoms with Crippen molar-refractivity contribution in [2.45, 2.75) is 13.5 Å². The number of carbonyl (C=O) groups is 1. The van der Waals surface area contributed by atoms with Gasteiger partial charge in [0.1, 0.15) is 12.2 Å². The molecule has 7 heteroatoms. The molecule has 0 radical (unpaired) electrons. The monoisotopic (exact) mass is 235 g/mol. The molecule has 0 unspecified atom stereocenters. The largest absolute Gasteiger partial charge is 0.465 e. The summed E-state index contributed by atoms with van der Waals surface area (Å²) < 4.78 is 7.95. The van der Waals surface area contributed by atoms with Crippen LogP contribution in [0.1, 0.15) is 6.92 Å². The van der Waals surface area contributed by atoms with Crippen molar-refractivity contribution in [3.63, 3.8) is 0 Å². The minimum atomic E-state index is -0.324. The van der Waals surface area contributed by atoms with Crippen molar-refractivity contribution in [1.29, 1.82) is 0 Å². The summed E-state index contributed by atoms with van der Waals surface area (Å²) in [5.41, 5.74) is 1.55. The zero-order valence-corrected chi connectivity index (χ0v) is 9.70. The van der Waals surface area contributed by atoms with Gasteiger partial charge in [-0.1, -0.05) is 5.21 Å². The van der Waals surface area contributed by atoms with Gasteiger partial charge in [-0.15, -0.1) is 5.10 Å². The van der Waals surface area contributed by atoms with Crippen LogP contribution < -0.4 is 0 Å². The summed E-state index contributed by atoms with van der Waals surface area (Å²) in [6, 6.07) is 0. The van der Waals surface area contributed by atoms with E-state index in [1.54, 1.807) is 24.0 Å². The molecule has 2 aromatic rings. The topological polar surface area (TPSA) is 74.8 Å². The molecule has 0 aliphatic heterocycles. The quantitative estimate of drug-likeness (QED) is 0.710. The minimum absolute atomic E-state index is 0.0705. The van der Waals surface area contributed by atoms with Crippen LogP contribution in [0.15, 0.2) is 18.6 Å². The lowest BCUT2D eigenvalue weighted by atomic mass is 10.3. The molecule has 17 heavy (non-hydrogen) atoms. The SMILES string of the molecule is CCOC(=O)Cn1cc(-c2cnn(C)c2)nn1. The van der Waals surface area contributed by atoms with Crippen molar-refractivity contribution < 1.29 is 9.53 Å². The van der Waals surface area contributed by atoms with Crippen molar-refractivity contribution >= 4 is 5.97 Å². The molecule has 2 aromatic heterocycles. The molecule has 0 spiro atoms. The lowest BCUT2D eigenvalue weighted by Gasteiger charge is -1.99. The Morgan fingerprint density at radius 1 is 1.47 bits per heavy atom. The Labute approximate surface area is 98.0 Å². The van der Waals surface area contributed by atoms with Crippen molar-refractivity contribution in [2.75, 3.05) is 6.61 Å². The first kappa shape index (κ1) is 11.3. The Hall–Kier alpha value is -2.18. The zero-order chi connectivity index (χ0) is 12.3. The summed E-state index contributed by atoms with van der Waals surface area (Å²) >= 11 is 0. The number of aryl methyl sites for hydroxylation is 1. The van der Waals surface area contributed by atoms with Crippen molar-refractivity contribution in [2.24, 2.45) is 7.05 Å². The maximum Gasteiger partial charge on any atom is 0.327 e. The molecule has 0 fully saturated rings. The first-order chi connectivity index (χ1) is 8.19. The Morgan fingerprint density at radius 2 is 2.29 bits per heavy atom. The molecule has 0 saturated carbocycles. The van der Waals surface area contributed by atoms with E-state index in [9.17, 15) is 4.79 Å². The van der Waals surface area contributed by atoms with E-state index in [4.69, 9.17) is 4.74 Å². The van der Waals surface area contributed by atoms with E-state index < -0.39 is 0 Å². The fourth-order valence-electron chi connectivity index (χ4n) is 1.40. The number of ether oxygens (including phenoxy) is 1. The molecule has 0 aromatic carbocycles. The average Bonchev–Trinajstić information content (AvgIpc) is 2.87. The van der Waals surface area contributed by atoms with Gasteiger partial charge < -0.3 is 4.74 Å². The highest BCUT2D eigenvalue weighted by molar-refractivity contribution is 5.69. The van der Waals surface area contributed by atoms with Gasteiger partial charge in [0.15, 0.2) is 0 Å². The Balaban J connectivity index is 2.08. The van der Waals surface area contributed by atoms with Crippen LogP contribution in [0.5, 0.6) is 0 Å². The molecule has 0 N–H and O–H groups in total. The van der Waals surface area contributed by atoms with Crippen LogP contribution in [0.2, 0.25) is 0 Å². The van der Waals surface area contributed by atoms with Crippen LogP contribution in [0.3, 0.4) is 0 Å². The van der Waals surface area contributed by atoms with Crippen LogP contribution in [-0.4, -0.2) is 37.4 Å². The first-order valence-electron chi connectivity index (χ1n) is 5.24. The summed E-state index contributed by atoms with van der Waals surface area (Å²) in [6.07, 6.45) is 5.21. The second-order valence-corrected chi connectivity index (χ2v) is 3.51. The maximum absolute atomic E-state index is 11.2. The van der Waals surface area contributed by atoms with E-state index in [-0.39, 0.29) is 12.5 Å². The van der Waals surface area contributed by atoms with Gasteiger partial charge >= 0.3 is 5.97 Å². The first-order valence-corrected chi connectivity index (χ1v) is 5.24. The molecule has 0 aliphatic rings. The van der Waals surface area contributed by atoms with Crippen LogP contribution in [0.4, 0.5) is 0 Å². The molecule has 0 atom stereocenters. The highest BCUT2D eigenvalue weighted by Gasteiger charge is 2.08. The van der Waals surface area contributed by atoms with Crippen molar-refractivity contribution in [3.8, 4) is 11.3 Å². The van der Waals surface area contributed by atoms with Crippen LogP contribution in [0, 0.1) is 0 Å². The average molecular weight is 235 g/mol. The smallest absolute Gasteiger partial charge is 0.327 e. The Bertz CT molecular complexity index is 516. The van der Waals surface area contributed by atoms with Crippen LogP contribution >= 0.6 is 0 Å². The molecular formula is C10H13N5O2. The molecule has 0 aliphatic carbocycles. The molecule has 2 rings (SSSR count). The van der Waals surface area contributed by atoms with E-state index in [1.165, 1.54) is 4.68 Å². The molecule has 7 nitrogen and oxygen atoms in total. The summed E-state index contributed by atoms with van der Waals surface area (Å²) in [4.78, 5) is 11.2. The lowest BCUT2D eigenvalue weighted by Crippen LogP contribution is -2.13. The number of hydrogen-bond donors (Lipinski definition) is 0. The van der Waals surface area contributed by atoms with Gasteiger partial charge in [-0.05, 0) is 6.92 Å². The van der Waals surface area contributed by atoms with Gasteiger partial charge in [-0.3, -0.25) is 9.48 Å². The highest BCUT2D eigenvalue weighted by atomic mass is 16.5. The lowest BCUT2D eigenvalue weighted by molar-refractivity contribution is -0.144.